The van der Waals surface area contributed by atoms with E-state index < -0.39 is 11.4 Å². The van der Waals surface area contributed by atoms with Crippen molar-refractivity contribution in [2.24, 2.45) is 14.1 Å². The van der Waals surface area contributed by atoms with Crippen molar-refractivity contribution in [3.05, 3.63) is 131 Å². The number of fused-ring (bicyclic) bond motifs is 1. The predicted molar refractivity (Wildman–Crippen MR) is 212 cm³/mol. The minimum absolute atomic E-state index is 0.0382. The maximum atomic E-state index is 15.3. The van der Waals surface area contributed by atoms with E-state index in [2.05, 4.69) is 47.0 Å². The van der Waals surface area contributed by atoms with Crippen molar-refractivity contribution in [2.45, 2.75) is 53.4 Å². The largest absolute Gasteiger partial charge is 0.360 e. The third-order valence-corrected chi connectivity index (χ3v) is 9.15. The van der Waals surface area contributed by atoms with Crippen molar-refractivity contribution in [1.29, 1.82) is 0 Å². The Kier molecular flexibility index (Phi) is 10.7. The molecule has 0 fully saturated rings. The van der Waals surface area contributed by atoms with Gasteiger partial charge in [-0.3, -0.25) is 14.4 Å². The van der Waals surface area contributed by atoms with Crippen molar-refractivity contribution >= 4 is 49.7 Å². The summed E-state index contributed by atoms with van der Waals surface area (Å²) in [5.74, 6) is 1.94. The van der Waals surface area contributed by atoms with E-state index in [4.69, 9.17) is 9.05 Å². The Morgan fingerprint density at radius 1 is 0.836 bits per heavy atom. The number of hydrogen-bond acceptors (Lipinski definition) is 11. The molecule has 1 aromatic carbocycles. The molecule has 7 rings (SSSR count). The number of halogens is 2. The van der Waals surface area contributed by atoms with Gasteiger partial charge in [0, 0.05) is 65.8 Å². The summed E-state index contributed by atoms with van der Waals surface area (Å²) >= 11 is 3.32. The highest BCUT2D eigenvalue weighted by Crippen LogP contribution is 2.30. The van der Waals surface area contributed by atoms with Crippen LogP contribution in [0.1, 0.15) is 50.3 Å². The Morgan fingerprint density at radius 3 is 2.00 bits per heavy atom. The van der Waals surface area contributed by atoms with Crippen LogP contribution in [0.2, 0.25) is 0 Å². The first-order valence-corrected chi connectivity index (χ1v) is 18.0. The molecule has 0 saturated heterocycles. The van der Waals surface area contributed by atoms with E-state index in [1.807, 2.05) is 33.8 Å². The number of nitrogens with zero attached hydrogens (tertiary/aromatic N) is 7. The predicted octanol–water partition coefficient (Wildman–Crippen LogP) is 7.37. The molecule has 6 heterocycles. The number of aryl methyl sites for hydroxylation is 4. The summed E-state index contributed by atoms with van der Waals surface area (Å²) in [6.07, 6.45) is 6.98. The highest BCUT2D eigenvalue weighted by molar-refractivity contribution is 9.10. The van der Waals surface area contributed by atoms with Crippen molar-refractivity contribution in [3.8, 4) is 16.9 Å². The second-order valence-electron chi connectivity index (χ2n) is 14.0. The molecular weight excluding hydrogens is 773 g/mol. The maximum Gasteiger partial charge on any atom is 0.283 e. The highest BCUT2D eigenvalue weighted by Gasteiger charge is 2.21. The molecule has 0 bridgehead atoms. The third-order valence-electron chi connectivity index (χ3n) is 8.72. The zero-order chi connectivity index (χ0) is 39.8. The smallest absolute Gasteiger partial charge is 0.283 e. The van der Waals surface area contributed by atoms with E-state index in [0.29, 0.717) is 52.2 Å². The summed E-state index contributed by atoms with van der Waals surface area (Å²) in [4.78, 5) is 42.6. The van der Waals surface area contributed by atoms with Crippen LogP contribution in [0, 0.1) is 19.7 Å². The SMILES string of the molecule is CCc1c(-c2cc(Nc3cc(C)on3)c(=O)n(C)c2)ccnc1-n1ncc2cc(C(C)(C)C)cc(F)c2c1=O.Cc1cc(Nc2cc(Br)cn(C)c2=O)no1. The lowest BCUT2D eigenvalue weighted by atomic mass is 9.86. The van der Waals surface area contributed by atoms with Gasteiger partial charge in [0.15, 0.2) is 17.5 Å². The topological polar surface area (TPSA) is 168 Å². The van der Waals surface area contributed by atoms with Gasteiger partial charge in [-0.05, 0) is 83.1 Å². The molecule has 0 aliphatic carbocycles. The highest BCUT2D eigenvalue weighted by atomic mass is 79.9. The molecule has 0 radical (unpaired) electrons. The first-order valence-electron chi connectivity index (χ1n) is 17.2. The van der Waals surface area contributed by atoms with Crippen molar-refractivity contribution in [3.63, 3.8) is 0 Å². The monoisotopic (exact) mass is 811 g/mol. The van der Waals surface area contributed by atoms with E-state index in [1.165, 1.54) is 21.4 Å². The molecule has 6 aromatic heterocycles. The van der Waals surface area contributed by atoms with Crippen LogP contribution in [0.25, 0.3) is 27.7 Å². The fourth-order valence-corrected chi connectivity index (χ4v) is 6.47. The van der Waals surface area contributed by atoms with E-state index >= 15 is 4.39 Å². The first kappa shape index (κ1) is 38.6. The van der Waals surface area contributed by atoms with Crippen molar-refractivity contribution in [2.75, 3.05) is 10.6 Å². The third kappa shape index (κ3) is 8.18. The van der Waals surface area contributed by atoms with Crippen LogP contribution >= 0.6 is 15.9 Å². The minimum Gasteiger partial charge on any atom is -0.360 e. The van der Waals surface area contributed by atoms with E-state index in [9.17, 15) is 14.4 Å². The van der Waals surface area contributed by atoms with Gasteiger partial charge in [0.1, 0.15) is 28.7 Å². The summed E-state index contributed by atoms with van der Waals surface area (Å²) in [5.41, 5.74) is 2.49. The normalized spacial score (nSPS) is 11.4. The fourth-order valence-electron chi connectivity index (χ4n) is 5.94. The van der Waals surface area contributed by atoms with E-state index in [-0.39, 0.29) is 21.9 Å². The van der Waals surface area contributed by atoms with Gasteiger partial charge < -0.3 is 28.8 Å². The van der Waals surface area contributed by atoms with Crippen LogP contribution in [0.4, 0.5) is 27.4 Å². The molecule has 0 aliphatic rings. The molecule has 14 nitrogen and oxygen atoms in total. The van der Waals surface area contributed by atoms with Crippen LogP contribution in [-0.2, 0) is 25.9 Å². The van der Waals surface area contributed by atoms with Crippen LogP contribution in [0.3, 0.4) is 0 Å². The number of pyridine rings is 3. The molecule has 0 saturated carbocycles. The van der Waals surface area contributed by atoms with Gasteiger partial charge in [0.05, 0.1) is 11.6 Å². The Bertz CT molecular complexity index is 2740. The lowest BCUT2D eigenvalue weighted by molar-refractivity contribution is 0.400. The number of nitrogens with one attached hydrogen (secondary N) is 2. The summed E-state index contributed by atoms with van der Waals surface area (Å²) in [5, 5.41) is 18.4. The summed E-state index contributed by atoms with van der Waals surface area (Å²) in [7, 11) is 3.34. The Hall–Kier alpha value is -6.16. The summed E-state index contributed by atoms with van der Waals surface area (Å²) in [6.45, 7) is 11.4. The number of rotatable bonds is 7. The quantitative estimate of drug-likeness (QED) is 0.165. The zero-order valence-corrected chi connectivity index (χ0v) is 33.1. The molecular formula is C39H39BrFN9O5. The van der Waals surface area contributed by atoms with Crippen LogP contribution in [-0.4, -0.2) is 34.2 Å². The number of benzene rings is 1. The second-order valence-corrected chi connectivity index (χ2v) is 14.9. The van der Waals surface area contributed by atoms with Crippen LogP contribution < -0.4 is 27.3 Å². The second kappa shape index (κ2) is 15.3. The molecule has 0 aliphatic heterocycles. The summed E-state index contributed by atoms with van der Waals surface area (Å²) in [6, 6.07) is 11.9. The lowest BCUT2D eigenvalue weighted by Crippen LogP contribution is -2.25. The molecule has 55 heavy (non-hydrogen) atoms. The number of hydrogen-bond donors (Lipinski definition) is 2. The zero-order valence-electron chi connectivity index (χ0n) is 31.5. The van der Waals surface area contributed by atoms with Gasteiger partial charge >= 0.3 is 0 Å². The van der Waals surface area contributed by atoms with Crippen molar-refractivity contribution < 1.29 is 13.4 Å². The molecule has 0 unspecified atom stereocenters. The Balaban J connectivity index is 0.000000268. The molecule has 284 valence electrons. The van der Waals surface area contributed by atoms with Gasteiger partial charge in [-0.15, -0.1) is 0 Å². The number of anilines is 4. The van der Waals surface area contributed by atoms with Gasteiger partial charge in [-0.25, -0.2) is 9.37 Å². The Morgan fingerprint density at radius 2 is 1.44 bits per heavy atom. The van der Waals surface area contributed by atoms with Gasteiger partial charge in [0.2, 0.25) is 0 Å². The molecule has 7 aromatic rings. The van der Waals surface area contributed by atoms with Crippen LogP contribution in [0.15, 0.2) is 95.2 Å². The molecule has 16 heteroatoms. The number of aromatic nitrogens is 7. The van der Waals surface area contributed by atoms with E-state index in [1.54, 1.807) is 76.9 Å². The van der Waals surface area contributed by atoms with Gasteiger partial charge in [-0.1, -0.05) is 38.0 Å². The molecule has 0 atom stereocenters. The average molecular weight is 813 g/mol. The van der Waals surface area contributed by atoms with Gasteiger partial charge in [-0.2, -0.15) is 9.78 Å². The standard InChI is InChI=1S/C29H29FN6O3.C10H10BrN3O2/c1-7-20-21(18-12-23(27(37)35(6)15-18)33-24-10-16(2)39-34-24)8-9-31-26(20)36-28(38)25-17(14-32-36)11-19(13-22(25)30)29(3,4)5;1-6-3-9(13-16-6)12-8-4-7(11)5-14(2)10(8)15/h8-15H,7H2,1-6H3,(H,33,34);3-5H,1-2H3,(H,12,13). The van der Waals surface area contributed by atoms with Crippen molar-refractivity contribution in [1.82, 2.24) is 34.2 Å². The summed E-state index contributed by atoms with van der Waals surface area (Å²) < 4.78 is 30.2. The molecule has 2 N–H and O–H groups in total. The molecule has 0 amide bonds. The van der Waals surface area contributed by atoms with Gasteiger partial charge in [0.25, 0.3) is 16.7 Å². The van der Waals surface area contributed by atoms with E-state index in [0.717, 1.165) is 31.4 Å². The average Bonchev–Trinajstić information content (AvgIpc) is 3.74. The minimum atomic E-state index is -0.593. The molecule has 0 spiro atoms. The first-order chi connectivity index (χ1) is 26.0. The fraction of sp³-hybridized carbons (Fsp3) is 0.256. The van der Waals surface area contributed by atoms with Crippen LogP contribution in [0.5, 0.6) is 0 Å². The Labute approximate surface area is 322 Å². The lowest BCUT2D eigenvalue weighted by Gasteiger charge is -2.20. The maximum absolute atomic E-state index is 15.3.